The molecule has 0 aliphatic carbocycles. The van der Waals surface area contributed by atoms with Crippen LogP contribution in [0.15, 0.2) is 44.6 Å². The molecule has 0 saturated heterocycles. The molecule has 0 radical (unpaired) electrons. The largest absolute Gasteiger partial charge is 0.426 e. The molecule has 6 nitrogen and oxygen atoms in total. The number of nitrogens with zero attached hydrogens (tertiary/aromatic N) is 1. The van der Waals surface area contributed by atoms with Crippen LogP contribution in [0.25, 0.3) is 0 Å². The highest BCUT2D eigenvalue weighted by Gasteiger charge is 2.40. The first-order valence-corrected chi connectivity index (χ1v) is 8.42. The Morgan fingerprint density at radius 1 is 1.61 bits per heavy atom. The summed E-state index contributed by atoms with van der Waals surface area (Å²) >= 11 is 1.42. The first-order chi connectivity index (χ1) is 10.9. The summed E-state index contributed by atoms with van der Waals surface area (Å²) in [4.78, 5) is 28.3. The number of carbonyl (C=O) groups excluding carboxylic acids is 1. The lowest BCUT2D eigenvalue weighted by atomic mass is 10.1. The first-order valence-electron chi connectivity index (χ1n) is 7.44. The average molecular weight is 335 g/mol. The van der Waals surface area contributed by atoms with Crippen LogP contribution in [0.3, 0.4) is 0 Å². The van der Waals surface area contributed by atoms with Crippen molar-refractivity contribution in [3.05, 3.63) is 46.5 Å². The van der Waals surface area contributed by atoms with Gasteiger partial charge in [0.15, 0.2) is 5.66 Å². The average Bonchev–Trinajstić information content (AvgIpc) is 2.91. The predicted octanol–water partition coefficient (Wildman–Crippen LogP) is 1.97. The van der Waals surface area contributed by atoms with Gasteiger partial charge in [0.1, 0.15) is 5.76 Å². The molecule has 0 fully saturated rings. The van der Waals surface area contributed by atoms with E-state index in [1.807, 2.05) is 13.8 Å². The smallest absolute Gasteiger partial charge is 0.335 e. The molecule has 1 aliphatic heterocycles. The molecule has 7 heteroatoms. The van der Waals surface area contributed by atoms with Gasteiger partial charge in [-0.05, 0) is 25.0 Å². The minimum absolute atomic E-state index is 0.360. The van der Waals surface area contributed by atoms with Crippen molar-refractivity contribution >= 4 is 22.7 Å². The van der Waals surface area contributed by atoms with Crippen molar-refractivity contribution in [2.75, 3.05) is 5.75 Å². The summed E-state index contributed by atoms with van der Waals surface area (Å²) in [5.41, 5.74) is 5.15. The normalized spacial score (nSPS) is 21.6. The zero-order chi connectivity index (χ0) is 17.0. The Bertz CT molecular complexity index is 698. The quantitative estimate of drug-likeness (QED) is 0.828. The number of hydrogen-bond acceptors (Lipinski definition) is 6. The van der Waals surface area contributed by atoms with E-state index in [-0.39, 0.29) is 5.91 Å². The van der Waals surface area contributed by atoms with E-state index in [4.69, 9.17) is 10.2 Å². The van der Waals surface area contributed by atoms with E-state index in [2.05, 4.69) is 16.9 Å². The molecule has 3 N–H and O–H groups in total. The van der Waals surface area contributed by atoms with Gasteiger partial charge in [-0.15, -0.1) is 11.8 Å². The maximum absolute atomic E-state index is 12.6. The summed E-state index contributed by atoms with van der Waals surface area (Å²) < 4.78 is 5.18. The van der Waals surface area contributed by atoms with Gasteiger partial charge in [0, 0.05) is 11.8 Å². The van der Waals surface area contributed by atoms with E-state index in [1.165, 1.54) is 17.8 Å². The number of thioether (sulfide) groups is 1. The number of hydrogen-bond donors (Lipinski definition) is 2. The van der Waals surface area contributed by atoms with E-state index in [9.17, 15) is 9.59 Å². The van der Waals surface area contributed by atoms with Gasteiger partial charge < -0.3 is 9.73 Å². The van der Waals surface area contributed by atoms with E-state index < -0.39 is 17.3 Å². The third-order valence-corrected chi connectivity index (χ3v) is 4.72. The van der Waals surface area contributed by atoms with Crippen molar-refractivity contribution in [3.8, 4) is 0 Å². The second-order valence-corrected chi connectivity index (χ2v) is 6.54. The highest BCUT2D eigenvalue weighted by atomic mass is 32.2. The van der Waals surface area contributed by atoms with Crippen molar-refractivity contribution < 1.29 is 9.21 Å². The minimum atomic E-state index is -1.32. The highest BCUT2D eigenvalue weighted by molar-refractivity contribution is 8.14. The summed E-state index contributed by atoms with van der Waals surface area (Å²) in [5.74, 6) is 0.399. The molecule has 1 aromatic heterocycles. The monoisotopic (exact) mass is 335 g/mol. The van der Waals surface area contributed by atoms with Crippen LogP contribution in [0.5, 0.6) is 0 Å². The van der Waals surface area contributed by atoms with Crippen molar-refractivity contribution in [1.29, 1.82) is 0 Å². The Morgan fingerprint density at radius 3 is 2.91 bits per heavy atom. The number of aliphatic imine (C=N–C) groups is 1. The first kappa shape index (κ1) is 17.5. The van der Waals surface area contributed by atoms with Gasteiger partial charge in [0.25, 0.3) is 5.91 Å². The van der Waals surface area contributed by atoms with Gasteiger partial charge in [0.2, 0.25) is 0 Å². The van der Waals surface area contributed by atoms with Crippen molar-refractivity contribution in [2.45, 2.75) is 38.4 Å². The lowest BCUT2D eigenvalue weighted by Crippen LogP contribution is -2.54. The summed E-state index contributed by atoms with van der Waals surface area (Å²) in [6.45, 7) is 7.64. The molecule has 0 bridgehead atoms. The molecule has 0 aromatic carbocycles. The van der Waals surface area contributed by atoms with E-state index in [1.54, 1.807) is 12.1 Å². The van der Waals surface area contributed by atoms with Crippen LogP contribution in [-0.2, 0) is 4.79 Å². The van der Waals surface area contributed by atoms with Gasteiger partial charge >= 0.3 is 5.63 Å². The molecular formula is C16H21N3O3S. The third kappa shape index (κ3) is 4.11. The molecule has 1 aromatic rings. The van der Waals surface area contributed by atoms with Crippen LogP contribution in [0.4, 0.5) is 0 Å². The molecule has 124 valence electrons. The van der Waals surface area contributed by atoms with Crippen LogP contribution in [0.2, 0.25) is 0 Å². The molecule has 0 saturated carbocycles. The lowest BCUT2D eigenvalue weighted by Gasteiger charge is -2.23. The van der Waals surface area contributed by atoms with Crippen LogP contribution >= 0.6 is 11.8 Å². The Hall–Kier alpha value is -1.86. The lowest BCUT2D eigenvalue weighted by molar-refractivity contribution is -0.126. The zero-order valence-corrected chi connectivity index (χ0v) is 14.1. The fourth-order valence-corrected chi connectivity index (χ4v) is 3.24. The Labute approximate surface area is 139 Å². The summed E-state index contributed by atoms with van der Waals surface area (Å²) in [7, 11) is 0. The van der Waals surface area contributed by atoms with E-state index in [0.29, 0.717) is 23.0 Å². The fourth-order valence-electron chi connectivity index (χ4n) is 2.21. The van der Waals surface area contributed by atoms with Crippen LogP contribution in [0, 0.1) is 0 Å². The molecule has 23 heavy (non-hydrogen) atoms. The number of nitrogens with one attached hydrogen (secondary N) is 1. The Kier molecular flexibility index (Phi) is 5.43. The maximum Gasteiger partial charge on any atom is 0.335 e. The van der Waals surface area contributed by atoms with Crippen LogP contribution in [-0.4, -0.2) is 22.4 Å². The molecule has 2 heterocycles. The number of rotatable bonds is 6. The van der Waals surface area contributed by atoms with Gasteiger partial charge in [-0.3, -0.25) is 10.5 Å². The van der Waals surface area contributed by atoms with Crippen molar-refractivity contribution in [2.24, 2.45) is 10.7 Å². The molecule has 1 amide bonds. The standard InChI is InChI=1S/C16H21N3O3S/c1-4-6-11(12-7-5-8-13(20)22-12)18-15(21)16(17)9-23-14(19-16)10(2)3/h5,7-8,11H,2,4,6,9,17H2,1,3H3,(H,18,21)/t11-,16+/m1/s1. The van der Waals surface area contributed by atoms with Crippen LogP contribution < -0.4 is 16.7 Å². The topological polar surface area (TPSA) is 97.7 Å². The van der Waals surface area contributed by atoms with Gasteiger partial charge in [-0.25, -0.2) is 9.79 Å². The van der Waals surface area contributed by atoms with E-state index in [0.717, 1.165) is 12.0 Å². The summed E-state index contributed by atoms with van der Waals surface area (Å²) in [5, 5.41) is 3.55. The predicted molar refractivity (Wildman–Crippen MR) is 92.4 cm³/mol. The van der Waals surface area contributed by atoms with Crippen molar-refractivity contribution in [1.82, 2.24) is 5.32 Å². The van der Waals surface area contributed by atoms with E-state index >= 15 is 0 Å². The molecular weight excluding hydrogens is 314 g/mol. The number of carbonyl (C=O) groups is 1. The van der Waals surface area contributed by atoms with Crippen molar-refractivity contribution in [3.63, 3.8) is 0 Å². The third-order valence-electron chi connectivity index (χ3n) is 3.43. The molecule has 1 aliphatic rings. The van der Waals surface area contributed by atoms with Crippen LogP contribution in [0.1, 0.15) is 38.5 Å². The Balaban J connectivity index is 2.19. The summed E-state index contributed by atoms with van der Waals surface area (Å²) in [6.07, 6.45) is 1.45. The Morgan fingerprint density at radius 2 is 2.35 bits per heavy atom. The molecule has 2 rings (SSSR count). The maximum atomic E-state index is 12.6. The number of amides is 1. The minimum Gasteiger partial charge on any atom is -0.426 e. The van der Waals surface area contributed by atoms with Gasteiger partial charge in [-0.1, -0.05) is 26.0 Å². The number of nitrogens with two attached hydrogens (primary N) is 1. The highest BCUT2D eigenvalue weighted by Crippen LogP contribution is 2.28. The molecule has 0 unspecified atom stereocenters. The van der Waals surface area contributed by atoms with Gasteiger partial charge in [-0.2, -0.15) is 0 Å². The molecule has 0 spiro atoms. The second kappa shape index (κ2) is 7.14. The molecule has 2 atom stereocenters. The summed E-state index contributed by atoms with van der Waals surface area (Å²) in [6, 6.07) is 4.21. The SMILES string of the molecule is C=C(C)C1=N[C@](N)(C(=O)N[C@H](CCC)c2cccc(=O)o2)CS1. The van der Waals surface area contributed by atoms with Gasteiger partial charge in [0.05, 0.1) is 11.1 Å². The fraction of sp³-hybridized carbons (Fsp3) is 0.438. The zero-order valence-electron chi connectivity index (χ0n) is 13.3. The second-order valence-electron chi connectivity index (χ2n) is 5.57.